The highest BCUT2D eigenvalue weighted by Gasteiger charge is 2.14. The highest BCUT2D eigenvalue weighted by atomic mass is 33.1. The molecule has 0 aromatic carbocycles. The molecule has 0 saturated carbocycles. The molecule has 4 nitrogen and oxygen atoms in total. The Hall–Kier alpha value is 0.0900. The Balaban J connectivity index is 4.00. The zero-order chi connectivity index (χ0) is 23.2. The van der Waals surface area contributed by atoms with Crippen molar-refractivity contribution in [3.63, 3.8) is 0 Å². The molecule has 0 radical (unpaired) electrons. The van der Waals surface area contributed by atoms with Gasteiger partial charge in [0.25, 0.3) is 0 Å². The maximum absolute atomic E-state index is 12.1. The van der Waals surface area contributed by atoms with Crippen molar-refractivity contribution in [2.24, 2.45) is 5.41 Å². The van der Waals surface area contributed by atoms with Gasteiger partial charge >= 0.3 is 5.97 Å². The first-order valence-electron chi connectivity index (χ1n) is 12.5. The number of carbonyl (C=O) groups is 1. The molecule has 0 fully saturated rings. The maximum Gasteiger partial charge on any atom is 0.306 e. The number of ether oxygens (including phenoxy) is 3. The lowest BCUT2D eigenvalue weighted by molar-refractivity contribution is -0.183. The number of unbranched alkanes of at least 4 members (excludes halogenated alkanes) is 8. The summed E-state index contributed by atoms with van der Waals surface area (Å²) in [6.07, 6.45) is 13.2. The molecule has 0 aliphatic rings. The number of hydrogen-bond donors (Lipinski definition) is 0. The van der Waals surface area contributed by atoms with Gasteiger partial charge in [-0.15, -0.1) is 0 Å². The van der Waals surface area contributed by atoms with Crippen LogP contribution in [0.3, 0.4) is 0 Å². The average molecular weight is 479 g/mol. The molecule has 6 heteroatoms. The fourth-order valence-corrected chi connectivity index (χ4v) is 5.20. The third-order valence-electron chi connectivity index (χ3n) is 4.89. The summed E-state index contributed by atoms with van der Waals surface area (Å²) in [6, 6.07) is 0. The Kier molecular flexibility index (Phi) is 22.0. The molecule has 0 aliphatic carbocycles. The average Bonchev–Trinajstić information content (AvgIpc) is 2.72. The lowest BCUT2D eigenvalue weighted by Crippen LogP contribution is -2.26. The van der Waals surface area contributed by atoms with Crippen molar-refractivity contribution in [2.75, 3.05) is 31.3 Å². The van der Waals surface area contributed by atoms with Gasteiger partial charge in [-0.3, -0.25) is 4.79 Å². The van der Waals surface area contributed by atoms with Crippen LogP contribution >= 0.6 is 21.6 Å². The molecule has 0 N–H and O–H groups in total. The number of carbonyl (C=O) groups excluding carboxylic acids is 1. The second kappa shape index (κ2) is 21.9. The van der Waals surface area contributed by atoms with Gasteiger partial charge in [-0.25, -0.2) is 0 Å². The summed E-state index contributed by atoms with van der Waals surface area (Å²) in [4.78, 5) is 12.1. The standard InChI is InChI=1S/C25H50O4S2/c1-6-8-10-12-14-18-27-24(28-19-15-13-11-9-7-2)22-29-23(26)16-20-30-31-21-17-25(3,4)5/h24H,6-22H2,1-5H3. The van der Waals surface area contributed by atoms with Gasteiger partial charge in [-0.1, -0.05) is 108 Å². The predicted octanol–water partition coefficient (Wildman–Crippen LogP) is 8.04. The SMILES string of the molecule is CCCCCCCOC(COC(=O)CCSSCCC(C)(C)C)OCCCCCCC. The summed E-state index contributed by atoms with van der Waals surface area (Å²) in [5.74, 6) is 1.74. The van der Waals surface area contributed by atoms with E-state index in [-0.39, 0.29) is 12.6 Å². The van der Waals surface area contributed by atoms with Crippen molar-refractivity contribution in [1.82, 2.24) is 0 Å². The van der Waals surface area contributed by atoms with Crippen molar-refractivity contribution in [1.29, 1.82) is 0 Å². The molecular weight excluding hydrogens is 428 g/mol. The van der Waals surface area contributed by atoms with Crippen LogP contribution in [0.2, 0.25) is 0 Å². The zero-order valence-corrected chi connectivity index (χ0v) is 22.7. The molecule has 0 atom stereocenters. The van der Waals surface area contributed by atoms with Crippen LogP contribution in [0.25, 0.3) is 0 Å². The third kappa shape index (κ3) is 24.6. The highest BCUT2D eigenvalue weighted by Crippen LogP contribution is 2.28. The quantitative estimate of drug-likeness (QED) is 0.0679. The summed E-state index contributed by atoms with van der Waals surface area (Å²) in [5, 5.41) is 0. The van der Waals surface area contributed by atoms with Crippen LogP contribution in [0.1, 0.15) is 112 Å². The Bertz CT molecular complexity index is 383. The van der Waals surface area contributed by atoms with E-state index in [0.717, 1.165) is 24.3 Å². The van der Waals surface area contributed by atoms with Crippen molar-refractivity contribution >= 4 is 27.6 Å². The third-order valence-corrected chi connectivity index (χ3v) is 7.30. The van der Waals surface area contributed by atoms with E-state index in [9.17, 15) is 4.79 Å². The molecule has 0 spiro atoms. The summed E-state index contributed by atoms with van der Waals surface area (Å²) in [7, 11) is 3.60. The molecule has 0 unspecified atom stereocenters. The van der Waals surface area contributed by atoms with Crippen LogP contribution in [-0.4, -0.2) is 43.6 Å². The van der Waals surface area contributed by atoms with Gasteiger partial charge in [0.2, 0.25) is 0 Å². The van der Waals surface area contributed by atoms with E-state index in [2.05, 4.69) is 34.6 Å². The van der Waals surface area contributed by atoms with Crippen LogP contribution in [0, 0.1) is 5.41 Å². The summed E-state index contributed by atoms with van der Waals surface area (Å²) in [6.45, 7) is 12.7. The minimum Gasteiger partial charge on any atom is -0.460 e. The van der Waals surface area contributed by atoms with Gasteiger partial charge < -0.3 is 14.2 Å². The van der Waals surface area contributed by atoms with Crippen LogP contribution in [0.15, 0.2) is 0 Å². The van der Waals surface area contributed by atoms with E-state index in [1.165, 1.54) is 57.8 Å². The number of rotatable bonds is 22. The zero-order valence-electron chi connectivity index (χ0n) is 21.0. The van der Waals surface area contributed by atoms with Gasteiger partial charge in [0.05, 0.1) is 6.42 Å². The van der Waals surface area contributed by atoms with Crippen LogP contribution < -0.4 is 0 Å². The van der Waals surface area contributed by atoms with E-state index in [1.807, 2.05) is 10.8 Å². The predicted molar refractivity (Wildman–Crippen MR) is 138 cm³/mol. The summed E-state index contributed by atoms with van der Waals surface area (Å²) < 4.78 is 17.2. The minimum atomic E-state index is -0.435. The second-order valence-corrected chi connectivity index (χ2v) is 12.1. The van der Waals surface area contributed by atoms with E-state index in [1.54, 1.807) is 10.8 Å². The number of hydrogen-bond acceptors (Lipinski definition) is 6. The number of esters is 1. The lowest BCUT2D eigenvalue weighted by Gasteiger charge is -2.19. The fourth-order valence-electron chi connectivity index (χ4n) is 2.81. The summed E-state index contributed by atoms with van der Waals surface area (Å²) >= 11 is 0. The molecular formula is C25H50O4S2. The molecule has 0 bridgehead atoms. The topological polar surface area (TPSA) is 44.8 Å². The molecule has 0 aromatic rings. The van der Waals surface area contributed by atoms with E-state index in [0.29, 0.717) is 25.0 Å². The van der Waals surface area contributed by atoms with Crippen LogP contribution in [0.4, 0.5) is 0 Å². The van der Waals surface area contributed by atoms with E-state index in [4.69, 9.17) is 14.2 Å². The van der Waals surface area contributed by atoms with Gasteiger partial charge in [0.1, 0.15) is 6.61 Å². The molecule has 186 valence electrons. The van der Waals surface area contributed by atoms with Crippen molar-refractivity contribution in [3.05, 3.63) is 0 Å². The maximum atomic E-state index is 12.1. The first-order chi connectivity index (χ1) is 14.9. The van der Waals surface area contributed by atoms with Gasteiger partial charge in [0.15, 0.2) is 6.29 Å². The lowest BCUT2D eigenvalue weighted by atomic mass is 9.94. The molecule has 0 saturated heterocycles. The van der Waals surface area contributed by atoms with Crippen molar-refractivity contribution in [3.8, 4) is 0 Å². The molecule has 0 aliphatic heterocycles. The molecule has 31 heavy (non-hydrogen) atoms. The largest absolute Gasteiger partial charge is 0.460 e. The smallest absolute Gasteiger partial charge is 0.306 e. The Morgan fingerprint density at radius 2 is 1.29 bits per heavy atom. The second-order valence-electron chi connectivity index (χ2n) is 9.39. The van der Waals surface area contributed by atoms with E-state index >= 15 is 0 Å². The van der Waals surface area contributed by atoms with Gasteiger partial charge in [0, 0.05) is 24.7 Å². The normalized spacial score (nSPS) is 11.9. The Morgan fingerprint density at radius 3 is 1.81 bits per heavy atom. The van der Waals surface area contributed by atoms with Gasteiger partial charge in [-0.05, 0) is 24.7 Å². The molecule has 0 amide bonds. The molecule has 0 rings (SSSR count). The van der Waals surface area contributed by atoms with Crippen LogP contribution in [0.5, 0.6) is 0 Å². The highest BCUT2D eigenvalue weighted by molar-refractivity contribution is 8.76. The fraction of sp³-hybridized carbons (Fsp3) is 0.960. The Labute approximate surface area is 201 Å². The van der Waals surface area contributed by atoms with E-state index < -0.39 is 6.29 Å². The van der Waals surface area contributed by atoms with Gasteiger partial charge in [-0.2, -0.15) is 0 Å². The Morgan fingerprint density at radius 1 is 0.774 bits per heavy atom. The first-order valence-corrected chi connectivity index (χ1v) is 15.0. The monoisotopic (exact) mass is 478 g/mol. The van der Waals surface area contributed by atoms with Crippen molar-refractivity contribution in [2.45, 2.75) is 118 Å². The van der Waals surface area contributed by atoms with Crippen molar-refractivity contribution < 1.29 is 19.0 Å². The molecule has 0 heterocycles. The molecule has 0 aromatic heterocycles. The summed E-state index contributed by atoms with van der Waals surface area (Å²) in [5.41, 5.74) is 0.369. The first kappa shape index (κ1) is 31.1. The van der Waals surface area contributed by atoms with Crippen LogP contribution in [-0.2, 0) is 19.0 Å². The minimum absolute atomic E-state index is 0.160.